The van der Waals surface area contributed by atoms with Crippen molar-refractivity contribution in [3.63, 3.8) is 0 Å². The summed E-state index contributed by atoms with van der Waals surface area (Å²) in [5.74, 6) is 1.11. The van der Waals surface area contributed by atoms with Crippen LogP contribution < -0.4 is 0 Å². The summed E-state index contributed by atoms with van der Waals surface area (Å²) in [6, 6.07) is 8.22. The van der Waals surface area contributed by atoms with Gasteiger partial charge in [0.1, 0.15) is 5.75 Å². The van der Waals surface area contributed by atoms with Crippen molar-refractivity contribution in [1.82, 2.24) is 4.90 Å². The molecule has 2 atom stereocenters. The molecule has 4 rings (SSSR count). The maximum absolute atomic E-state index is 11.1. The number of carboxylic acids is 1. The summed E-state index contributed by atoms with van der Waals surface area (Å²) in [4.78, 5) is 13.6. The van der Waals surface area contributed by atoms with Crippen molar-refractivity contribution >= 4 is 5.97 Å². The van der Waals surface area contributed by atoms with E-state index in [1.807, 2.05) is 12.1 Å². The van der Waals surface area contributed by atoms with E-state index in [1.165, 1.54) is 63.4 Å². The van der Waals surface area contributed by atoms with Crippen LogP contribution in [0.25, 0.3) is 0 Å². The maximum Gasteiger partial charge on any atom is 0.306 e. The summed E-state index contributed by atoms with van der Waals surface area (Å²) in [6.07, 6.45) is 15.0. The van der Waals surface area contributed by atoms with Crippen LogP contribution in [0.3, 0.4) is 0 Å². The number of aromatic hydroxyl groups is 1. The van der Waals surface area contributed by atoms with Gasteiger partial charge in [0.2, 0.25) is 0 Å². The molecule has 2 unspecified atom stereocenters. The second-order valence-electron chi connectivity index (χ2n) is 12.2. The minimum Gasteiger partial charge on any atom is -0.508 e. The molecule has 0 radical (unpaired) electrons. The monoisotopic (exact) mass is 487 g/mol. The fourth-order valence-corrected chi connectivity index (χ4v) is 6.03. The number of hydrogen-bond acceptors (Lipinski definition) is 3. The summed E-state index contributed by atoms with van der Waals surface area (Å²) in [5, 5.41) is 18.5. The van der Waals surface area contributed by atoms with Crippen molar-refractivity contribution in [2.45, 2.75) is 124 Å². The molecule has 35 heavy (non-hydrogen) atoms. The van der Waals surface area contributed by atoms with E-state index in [0.717, 1.165) is 38.3 Å². The smallest absolute Gasteiger partial charge is 0.306 e. The second kappa shape index (κ2) is 14.9. The minimum atomic E-state index is -0.634. The van der Waals surface area contributed by atoms with E-state index in [0.29, 0.717) is 23.1 Å². The Balaban J connectivity index is 0.000000277. The Morgan fingerprint density at radius 1 is 0.886 bits per heavy atom. The molecule has 3 fully saturated rings. The summed E-state index contributed by atoms with van der Waals surface area (Å²) in [6.45, 7) is 13.2. The van der Waals surface area contributed by atoms with E-state index in [4.69, 9.17) is 5.11 Å². The summed E-state index contributed by atoms with van der Waals surface area (Å²) in [5.41, 5.74) is 1.89. The third kappa shape index (κ3) is 10.1. The van der Waals surface area contributed by atoms with Crippen molar-refractivity contribution in [2.75, 3.05) is 13.1 Å². The normalized spacial score (nSPS) is 24.5. The molecule has 0 spiro atoms. The van der Waals surface area contributed by atoms with E-state index in [2.05, 4.69) is 39.5 Å². The van der Waals surface area contributed by atoms with Gasteiger partial charge in [-0.1, -0.05) is 78.9 Å². The zero-order valence-electron chi connectivity index (χ0n) is 23.3. The molecule has 1 aromatic carbocycles. The van der Waals surface area contributed by atoms with E-state index in [1.54, 1.807) is 12.1 Å². The molecule has 0 amide bonds. The van der Waals surface area contributed by atoms with Gasteiger partial charge in [0.25, 0.3) is 0 Å². The van der Waals surface area contributed by atoms with Crippen molar-refractivity contribution in [3.05, 3.63) is 29.8 Å². The highest BCUT2D eigenvalue weighted by Crippen LogP contribution is 2.38. The molecule has 1 aliphatic heterocycles. The van der Waals surface area contributed by atoms with Gasteiger partial charge in [-0.2, -0.15) is 0 Å². The second-order valence-corrected chi connectivity index (χ2v) is 12.2. The molecule has 1 saturated heterocycles. The molecule has 200 valence electrons. The number of phenols is 1. The third-order valence-corrected chi connectivity index (χ3v) is 8.24. The van der Waals surface area contributed by atoms with Gasteiger partial charge in [-0.05, 0) is 93.0 Å². The van der Waals surface area contributed by atoms with Crippen molar-refractivity contribution in [3.8, 4) is 5.75 Å². The molecule has 2 N–H and O–H groups in total. The van der Waals surface area contributed by atoms with Crippen LogP contribution in [-0.2, 0) is 4.79 Å². The Morgan fingerprint density at radius 3 is 1.94 bits per heavy atom. The van der Waals surface area contributed by atoms with Gasteiger partial charge in [-0.25, -0.2) is 0 Å². The highest BCUT2D eigenvalue weighted by atomic mass is 16.4. The van der Waals surface area contributed by atoms with Crippen LogP contribution in [0.5, 0.6) is 5.75 Å². The van der Waals surface area contributed by atoms with Crippen molar-refractivity contribution in [1.29, 1.82) is 0 Å². The van der Waals surface area contributed by atoms with E-state index >= 15 is 0 Å². The Morgan fingerprint density at radius 2 is 1.46 bits per heavy atom. The largest absolute Gasteiger partial charge is 0.508 e. The van der Waals surface area contributed by atoms with Gasteiger partial charge in [0.05, 0.1) is 5.92 Å². The number of hydrogen-bond donors (Lipinski definition) is 2. The molecular weight excluding hydrogens is 434 g/mol. The quantitative estimate of drug-likeness (QED) is 0.450. The predicted octanol–water partition coefficient (Wildman–Crippen LogP) is 8.24. The topological polar surface area (TPSA) is 60.8 Å². The van der Waals surface area contributed by atoms with Crippen molar-refractivity contribution in [2.24, 2.45) is 17.3 Å². The first kappa shape index (κ1) is 29.7. The Kier molecular flexibility index (Phi) is 12.6. The Hall–Kier alpha value is -1.55. The summed E-state index contributed by atoms with van der Waals surface area (Å²) >= 11 is 0. The van der Waals surface area contributed by atoms with E-state index in [-0.39, 0.29) is 5.92 Å². The van der Waals surface area contributed by atoms with Gasteiger partial charge in [-0.15, -0.1) is 0 Å². The summed E-state index contributed by atoms with van der Waals surface area (Å²) in [7, 11) is 0. The van der Waals surface area contributed by atoms with Gasteiger partial charge in [-0.3, -0.25) is 4.79 Å². The first-order chi connectivity index (χ1) is 16.7. The fourth-order valence-electron chi connectivity index (χ4n) is 6.03. The molecule has 0 bridgehead atoms. The number of piperidine rings is 1. The number of aliphatic carboxylic acids is 1. The Bertz CT molecular complexity index is 710. The van der Waals surface area contributed by atoms with Crippen LogP contribution in [0.2, 0.25) is 0 Å². The van der Waals surface area contributed by atoms with E-state index in [9.17, 15) is 9.90 Å². The summed E-state index contributed by atoms with van der Waals surface area (Å²) < 4.78 is 0. The SMILES string of the molecule is CC(C)(C)C1CCCCC1.CCC.O=C(O)C1CCN(C2CCCC(c3ccc(O)cc3)C2)CC1. The number of rotatable bonds is 3. The predicted molar refractivity (Wildman–Crippen MR) is 147 cm³/mol. The lowest BCUT2D eigenvalue weighted by atomic mass is 9.72. The maximum atomic E-state index is 11.1. The first-order valence-electron chi connectivity index (χ1n) is 14.4. The van der Waals surface area contributed by atoms with Crippen LogP contribution in [0.15, 0.2) is 24.3 Å². The zero-order chi connectivity index (χ0) is 25.8. The standard InChI is InChI=1S/C18H25NO3.C10H20.C3H8/c20-17-6-4-13(5-7-17)15-2-1-3-16(12-15)19-10-8-14(9-11-19)18(21)22;1-10(2,3)9-7-5-4-6-8-9;1-3-2/h4-7,14-16,20H,1-3,8-12H2,(H,21,22);9H,4-8H2,1-3H3;3H2,1-2H3. The van der Waals surface area contributed by atoms with Gasteiger partial charge >= 0.3 is 5.97 Å². The molecule has 4 heteroatoms. The molecule has 2 aliphatic carbocycles. The van der Waals surface area contributed by atoms with Crippen LogP contribution in [-0.4, -0.2) is 40.2 Å². The Labute approximate surface area is 215 Å². The number of carboxylic acid groups (broad SMARTS) is 1. The lowest BCUT2D eigenvalue weighted by molar-refractivity contribution is -0.143. The molecule has 1 heterocycles. The highest BCUT2D eigenvalue weighted by molar-refractivity contribution is 5.70. The third-order valence-electron chi connectivity index (χ3n) is 8.24. The average molecular weight is 488 g/mol. The lowest BCUT2D eigenvalue weighted by Gasteiger charge is -2.40. The highest BCUT2D eigenvalue weighted by Gasteiger charge is 2.32. The van der Waals surface area contributed by atoms with Gasteiger partial charge in [0.15, 0.2) is 0 Å². The molecule has 3 aliphatic rings. The number of phenolic OH excluding ortho intramolecular Hbond substituents is 1. The molecular formula is C31H53NO3. The van der Waals surface area contributed by atoms with Crippen LogP contribution in [0.4, 0.5) is 0 Å². The molecule has 2 saturated carbocycles. The number of benzene rings is 1. The molecule has 0 aromatic heterocycles. The molecule has 1 aromatic rings. The lowest BCUT2D eigenvalue weighted by Crippen LogP contribution is -2.44. The van der Waals surface area contributed by atoms with Crippen LogP contribution >= 0.6 is 0 Å². The number of likely N-dealkylation sites (tertiary alicyclic amines) is 1. The first-order valence-corrected chi connectivity index (χ1v) is 14.4. The van der Waals surface area contributed by atoms with Crippen LogP contribution in [0.1, 0.15) is 123 Å². The molecule has 4 nitrogen and oxygen atoms in total. The van der Waals surface area contributed by atoms with Gasteiger partial charge in [0, 0.05) is 6.04 Å². The number of nitrogens with zero attached hydrogens (tertiary/aromatic N) is 1. The fraction of sp³-hybridized carbons (Fsp3) is 0.774. The number of carbonyl (C=O) groups is 1. The van der Waals surface area contributed by atoms with Crippen molar-refractivity contribution < 1.29 is 15.0 Å². The van der Waals surface area contributed by atoms with Crippen LogP contribution in [0, 0.1) is 17.3 Å². The zero-order valence-corrected chi connectivity index (χ0v) is 23.3. The van der Waals surface area contributed by atoms with E-state index < -0.39 is 5.97 Å². The average Bonchev–Trinajstić information content (AvgIpc) is 2.86. The van der Waals surface area contributed by atoms with Gasteiger partial charge < -0.3 is 15.1 Å². The minimum absolute atomic E-state index is 0.146.